The number of thioether (sulfide) groups is 1. The van der Waals surface area contributed by atoms with Gasteiger partial charge in [-0.3, -0.25) is 14.4 Å². The third kappa shape index (κ3) is 4.20. The minimum atomic E-state index is -0.917. The van der Waals surface area contributed by atoms with Crippen molar-refractivity contribution in [3.8, 4) is 0 Å². The third-order valence-electron chi connectivity index (χ3n) is 7.51. The number of unbranched alkanes of at least 4 members (excludes halogenated alkanes) is 4. The fourth-order valence-corrected chi connectivity index (χ4v) is 8.45. The second-order valence-corrected chi connectivity index (χ2v) is 11.0. The summed E-state index contributed by atoms with van der Waals surface area (Å²) in [6, 6.07) is -0.621. The summed E-state index contributed by atoms with van der Waals surface area (Å²) in [7, 11) is 0. The van der Waals surface area contributed by atoms with E-state index in [1.807, 2.05) is 0 Å². The first kappa shape index (κ1) is 25.1. The highest BCUT2D eigenvalue weighted by atomic mass is 32.2. The molecule has 3 saturated heterocycles. The quantitative estimate of drug-likeness (QED) is 0.320. The van der Waals surface area contributed by atoms with Gasteiger partial charge < -0.3 is 20.0 Å². The fraction of sp³-hybridized carbons (Fsp3) is 0.792. The number of fused-ring (bicyclic) bond motifs is 1. The zero-order valence-electron chi connectivity index (χ0n) is 19.4. The molecule has 32 heavy (non-hydrogen) atoms. The molecule has 2 bridgehead atoms. The zero-order chi connectivity index (χ0) is 23.5. The molecule has 0 aromatic rings. The average Bonchev–Trinajstić information content (AvgIpc) is 3.34. The Bertz CT molecular complexity index is 731. The maximum atomic E-state index is 14.0. The molecule has 1 spiro atoms. The number of nitrogens with zero attached hydrogens (tertiary/aromatic N) is 2. The maximum Gasteiger partial charge on any atom is 0.308 e. The van der Waals surface area contributed by atoms with Crippen molar-refractivity contribution < 1.29 is 24.6 Å². The highest BCUT2D eigenvalue weighted by molar-refractivity contribution is 8.02. The molecule has 0 saturated carbocycles. The molecule has 3 heterocycles. The van der Waals surface area contributed by atoms with Crippen molar-refractivity contribution in [2.75, 3.05) is 26.2 Å². The Balaban J connectivity index is 1.94. The molecule has 180 valence electrons. The number of aliphatic hydroxyl groups is 1. The van der Waals surface area contributed by atoms with Gasteiger partial charge in [0.05, 0.1) is 16.6 Å². The largest absolute Gasteiger partial charge is 0.481 e. The van der Waals surface area contributed by atoms with Crippen molar-refractivity contribution in [2.24, 2.45) is 17.8 Å². The summed E-state index contributed by atoms with van der Waals surface area (Å²) in [6.45, 7) is 9.63. The Morgan fingerprint density at radius 2 is 2.00 bits per heavy atom. The van der Waals surface area contributed by atoms with Crippen LogP contribution in [0.1, 0.15) is 58.8 Å². The van der Waals surface area contributed by atoms with Gasteiger partial charge in [-0.2, -0.15) is 0 Å². The summed E-state index contributed by atoms with van der Waals surface area (Å²) in [5.41, 5.74) is 0. The Kier molecular flexibility index (Phi) is 8.31. The molecule has 0 aliphatic carbocycles. The number of carbonyl (C=O) groups is 3. The van der Waals surface area contributed by atoms with Gasteiger partial charge in [0.2, 0.25) is 11.8 Å². The fourth-order valence-electron chi connectivity index (χ4n) is 6.04. The minimum Gasteiger partial charge on any atom is -0.481 e. The Morgan fingerprint density at radius 1 is 1.28 bits per heavy atom. The summed E-state index contributed by atoms with van der Waals surface area (Å²) in [5, 5.41) is 18.9. The van der Waals surface area contributed by atoms with Crippen LogP contribution in [0.5, 0.6) is 0 Å². The number of aliphatic carboxylic acids is 1. The number of hydrogen-bond donors (Lipinski definition) is 2. The van der Waals surface area contributed by atoms with Gasteiger partial charge in [-0.15, -0.1) is 18.3 Å². The average molecular weight is 467 g/mol. The summed E-state index contributed by atoms with van der Waals surface area (Å²) in [6.07, 6.45) is 7.50. The van der Waals surface area contributed by atoms with Crippen LogP contribution in [-0.2, 0) is 14.4 Å². The van der Waals surface area contributed by atoms with Crippen molar-refractivity contribution in [3.05, 3.63) is 12.7 Å². The Morgan fingerprint density at radius 3 is 2.62 bits per heavy atom. The van der Waals surface area contributed by atoms with Crippen LogP contribution in [0.2, 0.25) is 0 Å². The highest BCUT2D eigenvalue weighted by Crippen LogP contribution is 2.68. The van der Waals surface area contributed by atoms with E-state index in [1.54, 1.807) is 27.6 Å². The summed E-state index contributed by atoms with van der Waals surface area (Å²) in [4.78, 5) is 43.3. The first-order valence-corrected chi connectivity index (χ1v) is 12.9. The van der Waals surface area contributed by atoms with Gasteiger partial charge in [0.25, 0.3) is 0 Å². The molecule has 2 N–H and O–H groups in total. The zero-order valence-corrected chi connectivity index (χ0v) is 20.2. The summed E-state index contributed by atoms with van der Waals surface area (Å²) < 4.78 is -0.668. The molecular weight excluding hydrogens is 428 g/mol. The van der Waals surface area contributed by atoms with E-state index in [0.29, 0.717) is 19.6 Å². The van der Waals surface area contributed by atoms with E-state index in [2.05, 4.69) is 20.4 Å². The molecule has 3 aliphatic rings. The summed E-state index contributed by atoms with van der Waals surface area (Å²) >= 11 is 1.59. The number of aliphatic hydroxyl groups excluding tert-OH is 1. The molecule has 7 nitrogen and oxygen atoms in total. The van der Waals surface area contributed by atoms with Crippen LogP contribution in [0.3, 0.4) is 0 Å². The van der Waals surface area contributed by atoms with Crippen LogP contribution >= 0.6 is 11.8 Å². The third-order valence-corrected chi connectivity index (χ3v) is 9.59. The monoisotopic (exact) mass is 466 g/mol. The number of amides is 2. The lowest BCUT2D eigenvalue weighted by atomic mass is 9.66. The van der Waals surface area contributed by atoms with Gasteiger partial charge in [0.15, 0.2) is 0 Å². The highest BCUT2D eigenvalue weighted by Gasteiger charge is 2.76. The predicted octanol–water partition coefficient (Wildman–Crippen LogP) is 2.78. The van der Waals surface area contributed by atoms with Gasteiger partial charge in [0, 0.05) is 31.5 Å². The van der Waals surface area contributed by atoms with E-state index in [0.717, 1.165) is 44.9 Å². The Labute approximate surface area is 195 Å². The van der Waals surface area contributed by atoms with Gasteiger partial charge in [-0.1, -0.05) is 39.2 Å². The molecule has 0 aromatic carbocycles. The van der Waals surface area contributed by atoms with Gasteiger partial charge >= 0.3 is 5.97 Å². The smallest absolute Gasteiger partial charge is 0.308 e. The molecule has 0 radical (unpaired) electrons. The van der Waals surface area contributed by atoms with Gasteiger partial charge in [0.1, 0.15) is 6.04 Å². The number of carboxylic acid groups (broad SMARTS) is 1. The molecule has 3 aliphatic heterocycles. The molecule has 6 atom stereocenters. The standard InChI is InChI=1S/C24H38N2O5S/c1-4-6-12-25(11-5-2)22(29)20-24-16(3)15-17(32-24)18(23(30)31)19(24)21(28)26(20)13-9-7-8-10-14-27/h5,16-20,27H,2,4,6-15H2,1,3H3,(H,30,31)/t16?,17-,18+,19+,20?,24?/m1/s1. The number of carboxylic acids is 1. The maximum absolute atomic E-state index is 14.0. The number of rotatable bonds is 13. The molecule has 3 rings (SSSR count). The second-order valence-electron chi connectivity index (χ2n) is 9.49. The first-order chi connectivity index (χ1) is 15.3. The number of carbonyl (C=O) groups excluding carboxylic acids is 2. The van der Waals surface area contributed by atoms with Crippen molar-refractivity contribution in [3.63, 3.8) is 0 Å². The van der Waals surface area contributed by atoms with E-state index in [-0.39, 0.29) is 29.6 Å². The lowest BCUT2D eigenvalue weighted by Gasteiger charge is -2.40. The van der Waals surface area contributed by atoms with Crippen LogP contribution in [-0.4, -0.2) is 80.1 Å². The topological polar surface area (TPSA) is 98.2 Å². The Hall–Kier alpha value is -1.54. The van der Waals surface area contributed by atoms with Crippen LogP contribution in [0.4, 0.5) is 0 Å². The SMILES string of the molecule is C=CCN(CCCC)C(=O)C1N(CCCCCCO)C(=O)[C@@H]2[C@@H](C(=O)O)[C@H]3CC(C)C12S3. The number of hydrogen-bond acceptors (Lipinski definition) is 5. The van der Waals surface area contributed by atoms with Crippen molar-refractivity contribution in [2.45, 2.75) is 74.8 Å². The lowest BCUT2D eigenvalue weighted by Crippen LogP contribution is -2.57. The van der Waals surface area contributed by atoms with Crippen molar-refractivity contribution in [1.29, 1.82) is 0 Å². The predicted molar refractivity (Wildman–Crippen MR) is 125 cm³/mol. The minimum absolute atomic E-state index is 0.0596. The number of likely N-dealkylation sites (tertiary alicyclic amines) is 1. The molecule has 3 fully saturated rings. The molecular formula is C24H38N2O5S. The summed E-state index contributed by atoms with van der Waals surface area (Å²) in [5.74, 6) is -2.39. The molecule has 2 amide bonds. The van der Waals surface area contributed by atoms with E-state index in [1.165, 1.54) is 0 Å². The van der Waals surface area contributed by atoms with Crippen molar-refractivity contribution in [1.82, 2.24) is 9.80 Å². The van der Waals surface area contributed by atoms with Crippen LogP contribution < -0.4 is 0 Å². The molecule has 0 aromatic heterocycles. The van der Waals surface area contributed by atoms with Crippen molar-refractivity contribution >= 4 is 29.5 Å². The van der Waals surface area contributed by atoms with Crippen LogP contribution in [0, 0.1) is 17.8 Å². The molecule has 8 heteroatoms. The normalized spacial score (nSPS) is 32.9. The van der Waals surface area contributed by atoms with Crippen LogP contribution in [0.25, 0.3) is 0 Å². The lowest BCUT2D eigenvalue weighted by molar-refractivity contribution is -0.149. The van der Waals surface area contributed by atoms with Gasteiger partial charge in [-0.25, -0.2) is 0 Å². The van der Waals surface area contributed by atoms with Crippen LogP contribution in [0.15, 0.2) is 12.7 Å². The van der Waals surface area contributed by atoms with E-state index >= 15 is 0 Å². The van der Waals surface area contributed by atoms with Gasteiger partial charge in [-0.05, 0) is 31.6 Å². The second kappa shape index (κ2) is 10.6. The van der Waals surface area contributed by atoms with E-state index in [9.17, 15) is 19.5 Å². The van der Waals surface area contributed by atoms with E-state index < -0.39 is 28.6 Å². The van der Waals surface area contributed by atoms with E-state index in [4.69, 9.17) is 5.11 Å². The first-order valence-electron chi connectivity index (χ1n) is 12.1. The molecule has 3 unspecified atom stereocenters.